The van der Waals surface area contributed by atoms with Gasteiger partial charge in [0.15, 0.2) is 0 Å². The summed E-state index contributed by atoms with van der Waals surface area (Å²) in [6.45, 7) is 2.59. The molecule has 0 fully saturated rings. The van der Waals surface area contributed by atoms with Crippen molar-refractivity contribution in [1.29, 1.82) is 0 Å². The van der Waals surface area contributed by atoms with Crippen LogP contribution in [0.15, 0.2) is 53.6 Å². The number of halogens is 1. The first-order chi connectivity index (χ1) is 10.7. The van der Waals surface area contributed by atoms with Crippen LogP contribution in [0, 0.1) is 3.57 Å². The number of hydrazone groups is 1. The van der Waals surface area contributed by atoms with Gasteiger partial charge in [0, 0.05) is 0 Å². The summed E-state index contributed by atoms with van der Waals surface area (Å²) >= 11 is 2.22. The lowest BCUT2D eigenvalue weighted by atomic mass is 10.1. The lowest BCUT2D eigenvalue weighted by Crippen LogP contribution is -2.19. The SMILES string of the molecule is CCOc1ccc(/C=N\NC(=O)Cc2ccccc2)cc1I. The maximum atomic E-state index is 11.8. The van der Waals surface area contributed by atoms with Crippen molar-refractivity contribution in [2.75, 3.05) is 6.61 Å². The summed E-state index contributed by atoms with van der Waals surface area (Å²) in [6.07, 6.45) is 1.94. The second-order valence-corrected chi connectivity index (χ2v) is 5.74. The van der Waals surface area contributed by atoms with E-state index >= 15 is 0 Å². The first kappa shape index (κ1) is 16.5. The molecule has 0 aliphatic rings. The number of carbonyl (C=O) groups excluding carboxylic acids is 1. The summed E-state index contributed by atoms with van der Waals surface area (Å²) in [7, 11) is 0. The van der Waals surface area contributed by atoms with Crippen LogP contribution in [0.25, 0.3) is 0 Å². The molecule has 1 amide bonds. The molecule has 5 heteroatoms. The molecule has 2 aromatic rings. The van der Waals surface area contributed by atoms with Gasteiger partial charge in [-0.2, -0.15) is 5.10 Å². The van der Waals surface area contributed by atoms with E-state index < -0.39 is 0 Å². The highest BCUT2D eigenvalue weighted by Crippen LogP contribution is 2.21. The van der Waals surface area contributed by atoms with Gasteiger partial charge in [-0.15, -0.1) is 0 Å². The molecule has 0 heterocycles. The zero-order valence-corrected chi connectivity index (χ0v) is 14.4. The number of carbonyl (C=O) groups is 1. The maximum absolute atomic E-state index is 11.8. The van der Waals surface area contributed by atoms with Crippen LogP contribution >= 0.6 is 22.6 Å². The molecule has 4 nitrogen and oxygen atoms in total. The molecule has 0 saturated heterocycles. The topological polar surface area (TPSA) is 50.7 Å². The fourth-order valence-electron chi connectivity index (χ4n) is 1.87. The molecule has 0 aromatic heterocycles. The van der Waals surface area contributed by atoms with Crippen molar-refractivity contribution in [2.24, 2.45) is 5.10 Å². The Morgan fingerprint density at radius 1 is 1.27 bits per heavy atom. The molecule has 2 aromatic carbocycles. The highest BCUT2D eigenvalue weighted by Gasteiger charge is 2.02. The molecular formula is C17H17IN2O2. The van der Waals surface area contributed by atoms with E-state index in [0.717, 1.165) is 20.4 Å². The van der Waals surface area contributed by atoms with Crippen LogP contribution in [-0.4, -0.2) is 18.7 Å². The number of nitrogens with one attached hydrogen (secondary N) is 1. The van der Waals surface area contributed by atoms with Crippen LogP contribution in [0.1, 0.15) is 18.1 Å². The molecule has 0 aliphatic heterocycles. The normalized spacial score (nSPS) is 10.6. The number of benzene rings is 2. The molecule has 2 rings (SSSR count). The number of ether oxygens (including phenoxy) is 1. The van der Waals surface area contributed by atoms with Crippen molar-refractivity contribution in [3.05, 3.63) is 63.2 Å². The van der Waals surface area contributed by atoms with Crippen LogP contribution in [0.3, 0.4) is 0 Å². The fraction of sp³-hybridized carbons (Fsp3) is 0.176. The lowest BCUT2D eigenvalue weighted by molar-refractivity contribution is -0.120. The van der Waals surface area contributed by atoms with E-state index in [0.29, 0.717) is 13.0 Å². The second-order valence-electron chi connectivity index (χ2n) is 4.58. The van der Waals surface area contributed by atoms with E-state index in [1.165, 1.54) is 0 Å². The number of hydrogen-bond donors (Lipinski definition) is 1. The first-order valence-electron chi connectivity index (χ1n) is 6.97. The van der Waals surface area contributed by atoms with Crippen molar-refractivity contribution in [2.45, 2.75) is 13.3 Å². The molecule has 0 aliphatic carbocycles. The van der Waals surface area contributed by atoms with Crippen molar-refractivity contribution >= 4 is 34.7 Å². The average Bonchev–Trinajstić information content (AvgIpc) is 2.51. The zero-order valence-electron chi connectivity index (χ0n) is 12.3. The van der Waals surface area contributed by atoms with E-state index in [9.17, 15) is 4.79 Å². The van der Waals surface area contributed by atoms with E-state index in [4.69, 9.17) is 4.74 Å². The van der Waals surface area contributed by atoms with E-state index in [-0.39, 0.29) is 5.91 Å². The third kappa shape index (κ3) is 5.14. The second kappa shape index (κ2) is 8.53. The van der Waals surface area contributed by atoms with Crippen molar-refractivity contribution in [1.82, 2.24) is 5.43 Å². The third-order valence-corrected chi connectivity index (χ3v) is 3.71. The predicted octanol–water partition coefficient (Wildman–Crippen LogP) is 3.38. The van der Waals surface area contributed by atoms with Crippen molar-refractivity contribution in [3.63, 3.8) is 0 Å². The Morgan fingerprint density at radius 3 is 2.73 bits per heavy atom. The first-order valence-corrected chi connectivity index (χ1v) is 8.05. The summed E-state index contributed by atoms with van der Waals surface area (Å²) in [6, 6.07) is 15.3. The monoisotopic (exact) mass is 408 g/mol. The fourth-order valence-corrected chi connectivity index (χ4v) is 2.56. The molecular weight excluding hydrogens is 391 g/mol. The molecule has 0 atom stereocenters. The Bertz CT molecular complexity index is 657. The largest absolute Gasteiger partial charge is 0.493 e. The lowest BCUT2D eigenvalue weighted by Gasteiger charge is -2.05. The van der Waals surface area contributed by atoms with Gasteiger partial charge in [0.05, 0.1) is 22.8 Å². The molecule has 0 radical (unpaired) electrons. The minimum Gasteiger partial charge on any atom is -0.493 e. The summed E-state index contributed by atoms with van der Waals surface area (Å²) in [5.74, 6) is 0.719. The molecule has 114 valence electrons. The Hall–Kier alpha value is -1.89. The van der Waals surface area contributed by atoms with E-state index in [1.807, 2.05) is 55.5 Å². The summed E-state index contributed by atoms with van der Waals surface area (Å²) in [4.78, 5) is 11.8. The number of rotatable bonds is 6. The summed E-state index contributed by atoms with van der Waals surface area (Å²) < 4.78 is 6.49. The number of amides is 1. The molecule has 0 spiro atoms. The van der Waals surface area contributed by atoms with Gasteiger partial charge in [0.25, 0.3) is 0 Å². The van der Waals surface area contributed by atoms with Crippen LogP contribution < -0.4 is 10.2 Å². The predicted molar refractivity (Wildman–Crippen MR) is 96.2 cm³/mol. The van der Waals surface area contributed by atoms with Crippen LogP contribution in [0.2, 0.25) is 0 Å². The smallest absolute Gasteiger partial charge is 0.244 e. The Morgan fingerprint density at radius 2 is 2.05 bits per heavy atom. The van der Waals surface area contributed by atoms with Gasteiger partial charge in [0.2, 0.25) is 5.91 Å². The standard InChI is InChI=1S/C17H17IN2O2/c1-2-22-16-9-8-14(10-15(16)18)12-19-20-17(21)11-13-6-4-3-5-7-13/h3-10,12H,2,11H2,1H3,(H,20,21)/b19-12-. The van der Waals surface area contributed by atoms with Crippen LogP contribution in [0.4, 0.5) is 0 Å². The number of hydrogen-bond acceptors (Lipinski definition) is 3. The van der Waals surface area contributed by atoms with Crippen LogP contribution in [0.5, 0.6) is 5.75 Å². The van der Waals surface area contributed by atoms with Gasteiger partial charge < -0.3 is 4.74 Å². The Balaban J connectivity index is 1.89. The van der Waals surface area contributed by atoms with Crippen molar-refractivity contribution in [3.8, 4) is 5.75 Å². The minimum absolute atomic E-state index is 0.136. The van der Waals surface area contributed by atoms with Crippen LogP contribution in [-0.2, 0) is 11.2 Å². The zero-order chi connectivity index (χ0) is 15.8. The minimum atomic E-state index is -0.136. The van der Waals surface area contributed by atoms with Gasteiger partial charge in [-0.25, -0.2) is 5.43 Å². The van der Waals surface area contributed by atoms with Gasteiger partial charge in [-0.05, 0) is 58.8 Å². The molecule has 22 heavy (non-hydrogen) atoms. The van der Waals surface area contributed by atoms with Gasteiger partial charge in [-0.3, -0.25) is 4.79 Å². The molecule has 1 N–H and O–H groups in total. The number of nitrogens with zero attached hydrogens (tertiary/aromatic N) is 1. The molecule has 0 saturated carbocycles. The Labute approximate surface area is 143 Å². The maximum Gasteiger partial charge on any atom is 0.244 e. The molecule has 0 unspecified atom stereocenters. The Kier molecular flexibility index (Phi) is 6.39. The highest BCUT2D eigenvalue weighted by atomic mass is 127. The van der Waals surface area contributed by atoms with Gasteiger partial charge >= 0.3 is 0 Å². The van der Waals surface area contributed by atoms with Gasteiger partial charge in [0.1, 0.15) is 5.75 Å². The van der Waals surface area contributed by atoms with Gasteiger partial charge in [-0.1, -0.05) is 30.3 Å². The molecule has 0 bridgehead atoms. The van der Waals surface area contributed by atoms with E-state index in [1.54, 1.807) is 6.21 Å². The summed E-state index contributed by atoms with van der Waals surface area (Å²) in [5.41, 5.74) is 4.41. The van der Waals surface area contributed by atoms with E-state index in [2.05, 4.69) is 33.1 Å². The summed E-state index contributed by atoms with van der Waals surface area (Å²) in [5, 5.41) is 3.99. The quantitative estimate of drug-likeness (QED) is 0.453. The van der Waals surface area contributed by atoms with Crippen molar-refractivity contribution < 1.29 is 9.53 Å². The highest BCUT2D eigenvalue weighted by molar-refractivity contribution is 14.1. The average molecular weight is 408 g/mol. The third-order valence-electron chi connectivity index (χ3n) is 2.87.